The van der Waals surface area contributed by atoms with Gasteiger partial charge in [0, 0.05) is 12.1 Å². The Balaban J connectivity index is 1.66. The Hall–Kier alpha value is -0.0800. The Bertz CT molecular complexity index is 229. The van der Waals surface area contributed by atoms with E-state index >= 15 is 0 Å². The van der Waals surface area contributed by atoms with Crippen LogP contribution in [0.5, 0.6) is 0 Å². The summed E-state index contributed by atoms with van der Waals surface area (Å²) < 4.78 is 0. The van der Waals surface area contributed by atoms with Crippen molar-refractivity contribution in [3.63, 3.8) is 0 Å². The highest BCUT2D eigenvalue weighted by Crippen LogP contribution is 2.25. The molecule has 0 amide bonds. The second-order valence-corrected chi connectivity index (χ2v) is 6.67. The van der Waals surface area contributed by atoms with Crippen LogP contribution in [0.15, 0.2) is 0 Å². The topological polar surface area (TPSA) is 15.3 Å². The monoisotopic (exact) mass is 252 g/mol. The summed E-state index contributed by atoms with van der Waals surface area (Å²) in [6.07, 6.45) is 8.48. The van der Waals surface area contributed by atoms with Crippen LogP contribution in [0, 0.1) is 11.8 Å². The number of rotatable bonds is 7. The van der Waals surface area contributed by atoms with Gasteiger partial charge in [-0.05, 0) is 64.1 Å². The minimum absolute atomic E-state index is 0.749. The lowest BCUT2D eigenvalue weighted by molar-refractivity contribution is 0.106. The molecule has 1 saturated heterocycles. The van der Waals surface area contributed by atoms with Gasteiger partial charge in [0.05, 0.1) is 0 Å². The molecule has 2 rings (SSSR count). The maximum atomic E-state index is 3.68. The van der Waals surface area contributed by atoms with Gasteiger partial charge in [-0.25, -0.2) is 0 Å². The summed E-state index contributed by atoms with van der Waals surface area (Å²) in [7, 11) is 0. The van der Waals surface area contributed by atoms with Gasteiger partial charge < -0.3 is 10.2 Å². The van der Waals surface area contributed by atoms with Crippen molar-refractivity contribution in [2.24, 2.45) is 11.8 Å². The van der Waals surface area contributed by atoms with Gasteiger partial charge in [0.1, 0.15) is 0 Å². The van der Waals surface area contributed by atoms with Crippen molar-refractivity contribution in [1.29, 1.82) is 0 Å². The smallest absolute Gasteiger partial charge is 0.0105 e. The van der Waals surface area contributed by atoms with Gasteiger partial charge in [-0.1, -0.05) is 26.7 Å². The molecule has 1 heterocycles. The van der Waals surface area contributed by atoms with E-state index in [1.54, 1.807) is 0 Å². The molecule has 0 bridgehead atoms. The lowest BCUT2D eigenvalue weighted by atomic mass is 9.90. The van der Waals surface area contributed by atoms with Gasteiger partial charge >= 0.3 is 0 Å². The molecule has 2 heteroatoms. The van der Waals surface area contributed by atoms with Crippen molar-refractivity contribution < 1.29 is 0 Å². The second-order valence-electron chi connectivity index (χ2n) is 6.67. The van der Waals surface area contributed by atoms with Crippen LogP contribution in [0.2, 0.25) is 0 Å². The summed E-state index contributed by atoms with van der Waals surface area (Å²) >= 11 is 0. The fourth-order valence-electron chi connectivity index (χ4n) is 3.23. The van der Waals surface area contributed by atoms with E-state index < -0.39 is 0 Å². The van der Waals surface area contributed by atoms with Gasteiger partial charge in [0.2, 0.25) is 0 Å². The van der Waals surface area contributed by atoms with Gasteiger partial charge in [0.15, 0.2) is 0 Å². The Kier molecular flexibility index (Phi) is 5.50. The average molecular weight is 252 g/mol. The van der Waals surface area contributed by atoms with Crippen molar-refractivity contribution in [3.8, 4) is 0 Å². The largest absolute Gasteiger partial charge is 0.314 e. The zero-order valence-corrected chi connectivity index (χ0v) is 12.6. The highest BCUT2D eigenvalue weighted by molar-refractivity contribution is 4.84. The Morgan fingerprint density at radius 1 is 1.11 bits per heavy atom. The summed E-state index contributed by atoms with van der Waals surface area (Å²) in [4.78, 5) is 2.73. The molecule has 1 saturated carbocycles. The molecule has 2 atom stereocenters. The molecule has 0 aromatic carbocycles. The number of piperidine rings is 1. The van der Waals surface area contributed by atoms with E-state index in [9.17, 15) is 0 Å². The molecule has 2 fully saturated rings. The first-order chi connectivity index (χ1) is 8.70. The van der Waals surface area contributed by atoms with Crippen molar-refractivity contribution in [3.05, 3.63) is 0 Å². The molecule has 2 unspecified atom stereocenters. The first-order valence-electron chi connectivity index (χ1n) is 8.18. The van der Waals surface area contributed by atoms with E-state index in [1.165, 1.54) is 58.2 Å². The van der Waals surface area contributed by atoms with Crippen LogP contribution >= 0.6 is 0 Å². The number of nitrogens with one attached hydrogen (secondary N) is 1. The van der Waals surface area contributed by atoms with Crippen LogP contribution in [-0.4, -0.2) is 36.6 Å². The lowest BCUT2D eigenvalue weighted by Gasteiger charge is -2.38. The molecule has 2 nitrogen and oxygen atoms in total. The number of nitrogens with zero attached hydrogens (tertiary/aromatic N) is 1. The Labute approximate surface area is 114 Å². The summed E-state index contributed by atoms with van der Waals surface area (Å²) in [6, 6.07) is 1.61. The molecule has 18 heavy (non-hydrogen) atoms. The van der Waals surface area contributed by atoms with Crippen molar-refractivity contribution >= 4 is 0 Å². The summed E-state index contributed by atoms with van der Waals surface area (Å²) in [5.41, 5.74) is 0. The van der Waals surface area contributed by atoms with Crippen LogP contribution in [0.25, 0.3) is 0 Å². The van der Waals surface area contributed by atoms with E-state index in [2.05, 4.69) is 31.0 Å². The first kappa shape index (κ1) is 14.3. The predicted octanol–water partition coefficient (Wildman–Crippen LogP) is 3.28. The minimum Gasteiger partial charge on any atom is -0.314 e. The van der Waals surface area contributed by atoms with Gasteiger partial charge in [-0.15, -0.1) is 0 Å². The first-order valence-corrected chi connectivity index (χ1v) is 8.18. The molecule has 0 aromatic rings. The molecular weight excluding hydrogens is 220 g/mol. The number of likely N-dealkylation sites (tertiary alicyclic amines) is 1. The standard InChI is InChI=1S/C16H32N2/c1-4-5-15-8-10-18(11-9-15)14(3)13(2)12-17-16-6-7-16/h13-17H,4-12H2,1-3H3. The van der Waals surface area contributed by atoms with Crippen LogP contribution < -0.4 is 5.32 Å². The maximum absolute atomic E-state index is 3.68. The zero-order valence-electron chi connectivity index (χ0n) is 12.6. The molecule has 106 valence electrons. The Morgan fingerprint density at radius 2 is 1.78 bits per heavy atom. The zero-order chi connectivity index (χ0) is 13.0. The molecule has 1 aliphatic carbocycles. The highest BCUT2D eigenvalue weighted by atomic mass is 15.2. The third-order valence-electron chi connectivity index (χ3n) is 5.05. The molecule has 0 radical (unpaired) electrons. The number of hydrogen-bond acceptors (Lipinski definition) is 2. The molecule has 1 N–H and O–H groups in total. The fourth-order valence-corrected chi connectivity index (χ4v) is 3.23. The Morgan fingerprint density at radius 3 is 2.33 bits per heavy atom. The molecule has 2 aliphatic rings. The molecular formula is C16H32N2. The predicted molar refractivity (Wildman–Crippen MR) is 78.9 cm³/mol. The maximum Gasteiger partial charge on any atom is 0.0105 e. The van der Waals surface area contributed by atoms with Crippen LogP contribution in [-0.2, 0) is 0 Å². The summed E-state index contributed by atoms with van der Waals surface area (Å²) in [5, 5.41) is 3.68. The minimum atomic E-state index is 0.749. The molecule has 1 aliphatic heterocycles. The summed E-state index contributed by atoms with van der Waals surface area (Å²) in [6.45, 7) is 11.0. The van der Waals surface area contributed by atoms with E-state index in [1.807, 2.05) is 0 Å². The van der Waals surface area contributed by atoms with Crippen molar-refractivity contribution in [1.82, 2.24) is 10.2 Å². The SMILES string of the molecule is CCCC1CCN(C(C)C(C)CNC2CC2)CC1. The highest BCUT2D eigenvalue weighted by Gasteiger charge is 2.27. The van der Waals surface area contributed by atoms with Crippen LogP contribution in [0.4, 0.5) is 0 Å². The van der Waals surface area contributed by atoms with Gasteiger partial charge in [-0.3, -0.25) is 0 Å². The van der Waals surface area contributed by atoms with E-state index in [0.29, 0.717) is 0 Å². The molecule has 0 aromatic heterocycles. The normalized spacial score (nSPS) is 26.2. The molecule has 0 spiro atoms. The third-order valence-corrected chi connectivity index (χ3v) is 5.05. The lowest BCUT2D eigenvalue weighted by Crippen LogP contribution is -2.45. The van der Waals surface area contributed by atoms with Crippen molar-refractivity contribution in [2.75, 3.05) is 19.6 Å². The van der Waals surface area contributed by atoms with E-state index in [4.69, 9.17) is 0 Å². The van der Waals surface area contributed by atoms with Crippen molar-refractivity contribution in [2.45, 2.75) is 71.4 Å². The van der Waals surface area contributed by atoms with Crippen LogP contribution in [0.1, 0.15) is 59.3 Å². The number of hydrogen-bond donors (Lipinski definition) is 1. The average Bonchev–Trinajstić information content (AvgIpc) is 3.20. The van der Waals surface area contributed by atoms with E-state index in [0.717, 1.165) is 23.9 Å². The van der Waals surface area contributed by atoms with Gasteiger partial charge in [-0.2, -0.15) is 0 Å². The van der Waals surface area contributed by atoms with Gasteiger partial charge in [0.25, 0.3) is 0 Å². The third kappa shape index (κ3) is 4.24. The quantitative estimate of drug-likeness (QED) is 0.748. The fraction of sp³-hybridized carbons (Fsp3) is 1.00. The van der Waals surface area contributed by atoms with Crippen LogP contribution in [0.3, 0.4) is 0 Å². The second kappa shape index (κ2) is 6.91. The van der Waals surface area contributed by atoms with E-state index in [-0.39, 0.29) is 0 Å². The summed E-state index contributed by atoms with van der Waals surface area (Å²) in [5.74, 6) is 1.80.